The average molecular weight is 430 g/mol. The number of nitrogens with one attached hydrogen (secondary N) is 1. The van der Waals surface area contributed by atoms with E-state index in [1.165, 1.54) is 30.1 Å². The highest BCUT2D eigenvalue weighted by molar-refractivity contribution is 6.42. The van der Waals surface area contributed by atoms with Crippen molar-refractivity contribution in [2.24, 2.45) is 0 Å². The number of nitrogens with zero attached hydrogens (tertiary/aromatic N) is 4. The number of hydrogen-bond acceptors (Lipinski definition) is 5. The first-order chi connectivity index (χ1) is 13.3. The molecule has 3 aromatic rings. The Balaban J connectivity index is 1.85. The van der Waals surface area contributed by atoms with E-state index in [9.17, 15) is 13.2 Å². The Bertz CT molecular complexity index is 1020. The number of tetrazole rings is 1. The van der Waals surface area contributed by atoms with Crippen LogP contribution >= 0.6 is 23.2 Å². The van der Waals surface area contributed by atoms with Gasteiger partial charge in [-0.1, -0.05) is 23.2 Å². The molecule has 0 bridgehead atoms. The van der Waals surface area contributed by atoms with Crippen LogP contribution in [0.15, 0.2) is 42.6 Å². The summed E-state index contributed by atoms with van der Waals surface area (Å²) in [7, 11) is 1.36. The van der Waals surface area contributed by atoms with Crippen LogP contribution in [0.3, 0.4) is 0 Å². The van der Waals surface area contributed by atoms with Crippen molar-refractivity contribution < 1.29 is 17.9 Å². The molecule has 1 aromatic heterocycles. The van der Waals surface area contributed by atoms with Gasteiger partial charge in [-0.15, -0.1) is 5.10 Å². The fourth-order valence-corrected chi connectivity index (χ4v) is 2.59. The molecule has 1 N–H and O–H groups in total. The Morgan fingerprint density at radius 2 is 1.89 bits per heavy atom. The summed E-state index contributed by atoms with van der Waals surface area (Å²) in [5, 5.41) is 14.8. The van der Waals surface area contributed by atoms with Gasteiger partial charge in [0.05, 0.1) is 34.1 Å². The number of anilines is 1. The van der Waals surface area contributed by atoms with E-state index < -0.39 is 11.7 Å². The van der Waals surface area contributed by atoms with Crippen LogP contribution in [-0.4, -0.2) is 27.3 Å². The first-order valence-corrected chi connectivity index (χ1v) is 8.47. The van der Waals surface area contributed by atoms with Crippen LogP contribution in [0.2, 0.25) is 10.0 Å². The molecule has 0 radical (unpaired) electrons. The maximum absolute atomic E-state index is 12.9. The Morgan fingerprint density at radius 3 is 2.57 bits per heavy atom. The quantitative estimate of drug-likeness (QED) is 0.612. The van der Waals surface area contributed by atoms with Crippen molar-refractivity contribution in [3.63, 3.8) is 0 Å². The fraction of sp³-hybridized carbons (Fsp3) is 0.118. The molecule has 0 aliphatic carbocycles. The molecule has 146 valence electrons. The zero-order valence-corrected chi connectivity index (χ0v) is 15.7. The van der Waals surface area contributed by atoms with Crippen LogP contribution in [-0.2, 0) is 6.18 Å². The molecule has 11 heteroatoms. The van der Waals surface area contributed by atoms with Gasteiger partial charge < -0.3 is 10.1 Å². The molecule has 0 amide bonds. The van der Waals surface area contributed by atoms with E-state index in [2.05, 4.69) is 20.8 Å². The number of ether oxygens (including phenoxy) is 1. The zero-order chi connectivity index (χ0) is 20.3. The van der Waals surface area contributed by atoms with E-state index in [1.54, 1.807) is 18.2 Å². The van der Waals surface area contributed by atoms with Crippen molar-refractivity contribution in [1.29, 1.82) is 0 Å². The molecule has 0 aliphatic heterocycles. The van der Waals surface area contributed by atoms with Crippen molar-refractivity contribution in [2.75, 3.05) is 12.4 Å². The third-order valence-corrected chi connectivity index (χ3v) is 4.38. The molecule has 0 saturated heterocycles. The molecular weight excluding hydrogens is 418 g/mol. The molecule has 3 rings (SSSR count). The summed E-state index contributed by atoms with van der Waals surface area (Å²) in [6.45, 7) is 0. The lowest BCUT2D eigenvalue weighted by Gasteiger charge is -2.12. The monoisotopic (exact) mass is 429 g/mol. The minimum absolute atomic E-state index is 0.141. The lowest BCUT2D eigenvalue weighted by Crippen LogP contribution is -2.06. The standard InChI is InChI=1S/C17H12Cl2F3N5O/c1-28-15-5-2-10(17(20,21)22)8-14(15)23-7-6-16-24-25-26-27(16)11-3-4-12(18)13(19)9-11/h2-9,23H,1H3/b7-6-. The average Bonchev–Trinajstić information content (AvgIpc) is 3.11. The van der Waals surface area contributed by atoms with E-state index in [4.69, 9.17) is 27.9 Å². The maximum atomic E-state index is 12.9. The highest BCUT2D eigenvalue weighted by atomic mass is 35.5. The number of alkyl halides is 3. The largest absolute Gasteiger partial charge is 0.495 e. The van der Waals surface area contributed by atoms with Crippen LogP contribution in [0, 0.1) is 0 Å². The molecule has 0 fully saturated rings. The second kappa shape index (κ2) is 8.07. The van der Waals surface area contributed by atoms with Gasteiger partial charge in [0.25, 0.3) is 0 Å². The van der Waals surface area contributed by atoms with Gasteiger partial charge >= 0.3 is 6.18 Å². The SMILES string of the molecule is COc1ccc(C(F)(F)F)cc1N/C=C\c1nnnn1-c1ccc(Cl)c(Cl)c1. The first kappa shape index (κ1) is 20.0. The van der Waals surface area contributed by atoms with E-state index in [0.717, 1.165) is 12.1 Å². The number of halogens is 5. The van der Waals surface area contributed by atoms with Gasteiger partial charge in [-0.3, -0.25) is 0 Å². The third-order valence-electron chi connectivity index (χ3n) is 3.64. The van der Waals surface area contributed by atoms with Crippen LogP contribution in [0.5, 0.6) is 5.75 Å². The topological polar surface area (TPSA) is 64.9 Å². The van der Waals surface area contributed by atoms with Gasteiger partial charge in [0.1, 0.15) is 5.75 Å². The van der Waals surface area contributed by atoms with Gasteiger partial charge in [0.15, 0.2) is 5.82 Å². The van der Waals surface area contributed by atoms with Gasteiger partial charge in [0.2, 0.25) is 0 Å². The van der Waals surface area contributed by atoms with Gasteiger partial charge in [-0.2, -0.15) is 17.9 Å². The predicted octanol–water partition coefficient (Wildman–Crippen LogP) is 5.08. The van der Waals surface area contributed by atoms with E-state index >= 15 is 0 Å². The summed E-state index contributed by atoms with van der Waals surface area (Å²) in [5.41, 5.74) is -0.0947. The first-order valence-electron chi connectivity index (χ1n) is 7.71. The summed E-state index contributed by atoms with van der Waals surface area (Å²) >= 11 is 11.9. The highest BCUT2D eigenvalue weighted by Crippen LogP contribution is 2.35. The lowest BCUT2D eigenvalue weighted by atomic mass is 10.2. The van der Waals surface area contributed by atoms with Crippen LogP contribution < -0.4 is 10.1 Å². The highest BCUT2D eigenvalue weighted by Gasteiger charge is 2.31. The molecule has 0 saturated carbocycles. The fourth-order valence-electron chi connectivity index (χ4n) is 2.30. The van der Waals surface area contributed by atoms with Gasteiger partial charge in [-0.25, -0.2) is 0 Å². The van der Waals surface area contributed by atoms with Crippen LogP contribution in [0.25, 0.3) is 11.8 Å². The summed E-state index contributed by atoms with van der Waals surface area (Å²) < 4.78 is 45.2. The Hall–Kier alpha value is -2.78. The summed E-state index contributed by atoms with van der Waals surface area (Å²) in [4.78, 5) is 0. The molecule has 0 atom stereocenters. The van der Waals surface area contributed by atoms with Crippen LogP contribution in [0.4, 0.5) is 18.9 Å². The van der Waals surface area contributed by atoms with Crippen molar-refractivity contribution >= 4 is 35.0 Å². The van der Waals surface area contributed by atoms with E-state index in [1.807, 2.05) is 0 Å². The van der Waals surface area contributed by atoms with Gasteiger partial charge in [-0.05, 0) is 46.8 Å². The van der Waals surface area contributed by atoms with E-state index in [0.29, 0.717) is 21.6 Å². The van der Waals surface area contributed by atoms with Crippen molar-refractivity contribution in [3.05, 3.63) is 64.0 Å². The third kappa shape index (κ3) is 4.37. The predicted molar refractivity (Wildman–Crippen MR) is 99.8 cm³/mol. The number of aromatic nitrogens is 4. The molecule has 6 nitrogen and oxygen atoms in total. The van der Waals surface area contributed by atoms with Gasteiger partial charge in [0, 0.05) is 12.3 Å². The van der Waals surface area contributed by atoms with Crippen molar-refractivity contribution in [3.8, 4) is 11.4 Å². The molecule has 0 aliphatic rings. The number of benzene rings is 2. The Labute approximate surface area is 167 Å². The van der Waals surface area contributed by atoms with Crippen molar-refractivity contribution in [1.82, 2.24) is 20.2 Å². The summed E-state index contributed by atoms with van der Waals surface area (Å²) in [6.07, 6.45) is -1.58. The number of rotatable bonds is 5. The second-order valence-electron chi connectivity index (χ2n) is 5.44. The van der Waals surface area contributed by atoms with Crippen LogP contribution in [0.1, 0.15) is 11.4 Å². The molecule has 0 spiro atoms. The molecular formula is C17H12Cl2F3N5O. The zero-order valence-electron chi connectivity index (χ0n) is 14.2. The minimum Gasteiger partial charge on any atom is -0.495 e. The van der Waals surface area contributed by atoms with E-state index in [-0.39, 0.29) is 11.4 Å². The summed E-state index contributed by atoms with van der Waals surface area (Å²) in [6, 6.07) is 7.98. The normalized spacial score (nSPS) is 11.8. The molecule has 2 aromatic carbocycles. The minimum atomic E-state index is -4.47. The summed E-state index contributed by atoms with van der Waals surface area (Å²) in [5.74, 6) is 0.568. The molecule has 1 heterocycles. The Morgan fingerprint density at radius 1 is 1.11 bits per heavy atom. The smallest absolute Gasteiger partial charge is 0.416 e. The number of methoxy groups -OCH3 is 1. The second-order valence-corrected chi connectivity index (χ2v) is 6.25. The maximum Gasteiger partial charge on any atom is 0.416 e. The lowest BCUT2D eigenvalue weighted by molar-refractivity contribution is -0.137. The Kier molecular flexibility index (Phi) is 5.76. The van der Waals surface area contributed by atoms with Crippen molar-refractivity contribution in [2.45, 2.75) is 6.18 Å². The molecule has 28 heavy (non-hydrogen) atoms. The number of hydrogen-bond donors (Lipinski definition) is 1. The molecule has 0 unspecified atom stereocenters.